The molecule has 0 bridgehead atoms. The van der Waals surface area contributed by atoms with Crippen LogP contribution >= 0.6 is 11.8 Å². The van der Waals surface area contributed by atoms with Gasteiger partial charge in [0.1, 0.15) is 6.10 Å². The van der Waals surface area contributed by atoms with E-state index in [9.17, 15) is 9.59 Å². The molecule has 0 heterocycles. The lowest BCUT2D eigenvalue weighted by atomic mass is 9.75. The minimum atomic E-state index is -0.809. The van der Waals surface area contributed by atoms with Gasteiger partial charge in [-0.15, -0.1) is 11.8 Å². The fourth-order valence-corrected chi connectivity index (χ4v) is 5.98. The molecule has 4 aromatic rings. The Labute approximate surface area is 254 Å². The van der Waals surface area contributed by atoms with E-state index in [-0.39, 0.29) is 11.8 Å². The van der Waals surface area contributed by atoms with Gasteiger partial charge in [0.25, 0.3) is 0 Å². The standard InChI is InChI=1S/C37H41NO3S/c1-6-26-13-19-29(20-14-26)34(30-21-15-27(7-2)16-22-30)35(37(40)38-32-11-9-10-12-33(32)42-5)36(41-25(4)39)31-23-17-28(8-3)18-24-31/h9-24,34-36H,6-8H2,1-5H3,(H,38,40). The molecule has 0 saturated heterocycles. The Bertz CT molecular complexity index is 1420. The molecule has 4 nitrogen and oxygen atoms in total. The van der Waals surface area contributed by atoms with E-state index in [1.54, 1.807) is 11.8 Å². The summed E-state index contributed by atoms with van der Waals surface area (Å²) in [5, 5.41) is 3.22. The fraction of sp³-hybridized carbons (Fsp3) is 0.297. The number of benzene rings is 4. The van der Waals surface area contributed by atoms with E-state index in [1.807, 2.05) is 54.8 Å². The smallest absolute Gasteiger partial charge is 0.303 e. The third kappa shape index (κ3) is 7.51. The van der Waals surface area contributed by atoms with Crippen molar-refractivity contribution in [2.45, 2.75) is 63.9 Å². The minimum Gasteiger partial charge on any atom is -0.457 e. The van der Waals surface area contributed by atoms with Crippen LogP contribution in [0.1, 0.15) is 73.1 Å². The lowest BCUT2D eigenvalue weighted by molar-refractivity contribution is -0.151. The zero-order valence-electron chi connectivity index (χ0n) is 25.2. The molecule has 4 aromatic carbocycles. The van der Waals surface area contributed by atoms with Crippen molar-refractivity contribution >= 4 is 29.3 Å². The van der Waals surface area contributed by atoms with E-state index in [0.29, 0.717) is 0 Å². The highest BCUT2D eigenvalue weighted by Crippen LogP contribution is 2.43. The van der Waals surface area contributed by atoms with Gasteiger partial charge >= 0.3 is 5.97 Å². The molecule has 0 fully saturated rings. The average molecular weight is 580 g/mol. The van der Waals surface area contributed by atoms with Gasteiger partial charge in [-0.25, -0.2) is 0 Å². The predicted molar refractivity (Wildman–Crippen MR) is 174 cm³/mol. The molecule has 0 aliphatic heterocycles. The molecule has 218 valence electrons. The first-order valence-corrected chi connectivity index (χ1v) is 16.0. The van der Waals surface area contributed by atoms with Gasteiger partial charge in [0, 0.05) is 17.7 Å². The van der Waals surface area contributed by atoms with Gasteiger partial charge < -0.3 is 10.1 Å². The van der Waals surface area contributed by atoms with E-state index in [1.165, 1.54) is 23.6 Å². The maximum Gasteiger partial charge on any atom is 0.303 e. The predicted octanol–water partition coefficient (Wildman–Crippen LogP) is 8.79. The van der Waals surface area contributed by atoms with Crippen LogP contribution < -0.4 is 5.32 Å². The SMILES string of the molecule is CCc1ccc(C(OC(C)=O)C(C(=O)Nc2ccccc2SC)C(c2ccc(CC)cc2)c2ccc(CC)cc2)cc1. The molecule has 42 heavy (non-hydrogen) atoms. The number of esters is 1. The van der Waals surface area contributed by atoms with E-state index >= 15 is 0 Å². The first kappa shape index (κ1) is 31.1. The summed E-state index contributed by atoms with van der Waals surface area (Å²) in [6, 6.07) is 32.8. The normalized spacial score (nSPS) is 12.5. The Morgan fingerprint density at radius 1 is 0.690 bits per heavy atom. The maximum atomic E-state index is 14.6. The van der Waals surface area contributed by atoms with Crippen molar-refractivity contribution < 1.29 is 14.3 Å². The molecule has 0 aliphatic rings. The first-order chi connectivity index (χ1) is 20.4. The Kier molecular flexibility index (Phi) is 11.0. The van der Waals surface area contributed by atoms with E-state index < -0.39 is 18.0 Å². The first-order valence-electron chi connectivity index (χ1n) is 14.8. The number of para-hydroxylation sites is 1. The van der Waals surface area contributed by atoms with Crippen LogP contribution in [0, 0.1) is 5.92 Å². The van der Waals surface area contributed by atoms with E-state index in [4.69, 9.17) is 4.74 Å². The van der Waals surface area contributed by atoms with Gasteiger partial charge in [0.05, 0.1) is 11.6 Å². The number of anilines is 1. The molecule has 0 radical (unpaired) electrons. The summed E-state index contributed by atoms with van der Waals surface area (Å²) in [6.07, 6.45) is 3.92. The van der Waals surface area contributed by atoms with Crippen LogP contribution in [0.3, 0.4) is 0 Å². The van der Waals surface area contributed by atoms with Crippen molar-refractivity contribution in [1.82, 2.24) is 0 Å². The second-order valence-electron chi connectivity index (χ2n) is 10.5. The number of rotatable bonds is 12. The van der Waals surface area contributed by atoms with Crippen molar-refractivity contribution in [2.75, 3.05) is 11.6 Å². The van der Waals surface area contributed by atoms with E-state index in [0.717, 1.165) is 46.5 Å². The molecule has 2 unspecified atom stereocenters. The second kappa shape index (κ2) is 14.9. The summed E-state index contributed by atoms with van der Waals surface area (Å²) >= 11 is 1.58. The highest BCUT2D eigenvalue weighted by atomic mass is 32.2. The lowest BCUT2D eigenvalue weighted by Gasteiger charge is -2.34. The average Bonchev–Trinajstić information content (AvgIpc) is 3.03. The van der Waals surface area contributed by atoms with E-state index in [2.05, 4.69) is 74.6 Å². The Morgan fingerprint density at radius 2 is 1.14 bits per heavy atom. The summed E-state index contributed by atoms with van der Waals surface area (Å²) < 4.78 is 6.10. The largest absolute Gasteiger partial charge is 0.457 e. The van der Waals surface area contributed by atoms with Crippen LogP contribution in [-0.4, -0.2) is 18.1 Å². The zero-order valence-corrected chi connectivity index (χ0v) is 26.0. The van der Waals surface area contributed by atoms with Gasteiger partial charge in [0.2, 0.25) is 5.91 Å². The monoisotopic (exact) mass is 579 g/mol. The van der Waals surface area contributed by atoms with Crippen LogP contribution in [0.15, 0.2) is 102 Å². The molecule has 0 aliphatic carbocycles. The quantitative estimate of drug-likeness (QED) is 0.135. The number of nitrogens with one attached hydrogen (secondary N) is 1. The molecule has 2 atom stereocenters. The molecule has 0 aromatic heterocycles. The molecular formula is C37H41NO3S. The fourth-order valence-electron chi connectivity index (χ4n) is 5.43. The molecular weight excluding hydrogens is 538 g/mol. The number of hydrogen-bond acceptors (Lipinski definition) is 4. The van der Waals surface area contributed by atoms with Gasteiger partial charge in [-0.3, -0.25) is 9.59 Å². The van der Waals surface area contributed by atoms with Crippen LogP contribution in [0.25, 0.3) is 0 Å². The molecule has 0 spiro atoms. The number of carbonyl (C=O) groups excluding carboxylic acids is 2. The minimum absolute atomic E-state index is 0.202. The van der Waals surface area contributed by atoms with Gasteiger partial charge in [-0.1, -0.05) is 106 Å². The second-order valence-corrected chi connectivity index (χ2v) is 11.4. The molecule has 1 amide bonds. The summed E-state index contributed by atoms with van der Waals surface area (Å²) in [6.45, 7) is 7.78. The number of aryl methyl sites for hydroxylation is 3. The van der Waals surface area contributed by atoms with Gasteiger partial charge in [-0.2, -0.15) is 0 Å². The molecule has 5 heteroatoms. The highest BCUT2D eigenvalue weighted by Gasteiger charge is 2.40. The van der Waals surface area contributed by atoms with Crippen molar-refractivity contribution in [2.24, 2.45) is 5.92 Å². The van der Waals surface area contributed by atoms with Crippen LogP contribution in [0.2, 0.25) is 0 Å². The number of thioether (sulfide) groups is 1. The lowest BCUT2D eigenvalue weighted by Crippen LogP contribution is -2.36. The van der Waals surface area contributed by atoms with Crippen LogP contribution in [0.5, 0.6) is 0 Å². The van der Waals surface area contributed by atoms with Crippen LogP contribution in [-0.2, 0) is 33.6 Å². The van der Waals surface area contributed by atoms with Gasteiger partial charge in [-0.05, 0) is 71.0 Å². The molecule has 0 saturated carbocycles. The van der Waals surface area contributed by atoms with Crippen molar-refractivity contribution in [3.8, 4) is 0 Å². The maximum absolute atomic E-state index is 14.6. The zero-order chi connectivity index (χ0) is 30.1. The number of hydrogen-bond donors (Lipinski definition) is 1. The highest BCUT2D eigenvalue weighted by molar-refractivity contribution is 7.98. The Hall–Kier alpha value is -3.83. The summed E-state index contributed by atoms with van der Waals surface area (Å²) in [4.78, 5) is 28.2. The topological polar surface area (TPSA) is 55.4 Å². The molecule has 1 N–H and O–H groups in total. The van der Waals surface area contributed by atoms with Gasteiger partial charge in [0.15, 0.2) is 0 Å². The summed E-state index contributed by atoms with van der Waals surface area (Å²) in [5.41, 5.74) is 7.15. The Balaban J connectivity index is 1.94. The number of carbonyl (C=O) groups is 2. The number of amides is 1. The summed E-state index contributed by atoms with van der Waals surface area (Å²) in [5.74, 6) is -1.76. The van der Waals surface area contributed by atoms with Crippen molar-refractivity contribution in [1.29, 1.82) is 0 Å². The van der Waals surface area contributed by atoms with Crippen LogP contribution in [0.4, 0.5) is 5.69 Å². The summed E-state index contributed by atoms with van der Waals surface area (Å²) in [7, 11) is 0. The third-order valence-corrected chi connectivity index (χ3v) is 8.65. The number of ether oxygens (including phenoxy) is 1. The molecule has 4 rings (SSSR count). The van der Waals surface area contributed by atoms with Crippen molar-refractivity contribution in [3.63, 3.8) is 0 Å². The third-order valence-electron chi connectivity index (χ3n) is 7.86. The Morgan fingerprint density at radius 3 is 1.57 bits per heavy atom. The van der Waals surface area contributed by atoms with Crippen molar-refractivity contribution in [3.05, 3.63) is 130 Å².